The van der Waals surface area contributed by atoms with Crippen LogP contribution in [-0.2, 0) is 23.9 Å². The zero-order valence-corrected chi connectivity index (χ0v) is 25.7. The molecule has 0 heterocycles. The van der Waals surface area contributed by atoms with Crippen LogP contribution in [0, 0.1) is 28.1 Å². The second-order valence-electron chi connectivity index (χ2n) is 13.4. The number of Topliss-reactive ketones (excluding diaryl/α,β-unsaturated/α-hetero) is 1. The van der Waals surface area contributed by atoms with Crippen LogP contribution in [0.5, 0.6) is 0 Å². The van der Waals surface area contributed by atoms with Gasteiger partial charge in [0.2, 0.25) is 0 Å². The standard InChI is InChI=1S/C33H48O7/c1-20(24(39-9)13-16-30(4,5)38)11-10-12-21(2)28-23(35)19-26-31(6)18-15-27(40-22(3)34)33(8,29(36)37)25(31)14-17-32(26,28)7/h10-13,16,24-27,38H,14-15,17-19H2,1-9H3,(H,36,37)/b12-10+,16-13+,20-11+,28-21+/t24?,25-,26+,27-,31+,32+,33-/m1/s1. The Kier molecular flexibility index (Phi) is 9.12. The Morgan fingerprint density at radius 3 is 2.27 bits per heavy atom. The van der Waals surface area contributed by atoms with Crippen LogP contribution in [0.15, 0.2) is 47.1 Å². The Labute approximate surface area is 239 Å². The van der Waals surface area contributed by atoms with Crippen LogP contribution < -0.4 is 0 Å². The molecule has 0 aromatic rings. The second kappa shape index (κ2) is 11.4. The molecule has 0 aliphatic heterocycles. The van der Waals surface area contributed by atoms with Crippen molar-refractivity contribution in [2.24, 2.45) is 28.1 Å². The van der Waals surface area contributed by atoms with E-state index >= 15 is 0 Å². The molecule has 3 saturated carbocycles. The summed E-state index contributed by atoms with van der Waals surface area (Å²) >= 11 is 0. The molecule has 0 aromatic heterocycles. The Hall–Kier alpha value is -2.51. The summed E-state index contributed by atoms with van der Waals surface area (Å²) in [5.41, 5.74) is -0.115. The number of carboxylic acids is 1. The molecule has 0 amide bonds. The van der Waals surface area contributed by atoms with Crippen LogP contribution >= 0.6 is 0 Å². The molecule has 222 valence electrons. The maximum absolute atomic E-state index is 13.6. The highest BCUT2D eigenvalue weighted by Crippen LogP contribution is 2.69. The summed E-state index contributed by atoms with van der Waals surface area (Å²) in [5.74, 6) is -1.45. The highest BCUT2D eigenvalue weighted by atomic mass is 16.5. The van der Waals surface area contributed by atoms with Gasteiger partial charge in [-0.05, 0) is 88.7 Å². The van der Waals surface area contributed by atoms with Gasteiger partial charge in [0.15, 0.2) is 5.78 Å². The fourth-order valence-electron chi connectivity index (χ4n) is 8.18. The minimum absolute atomic E-state index is 0.0173. The summed E-state index contributed by atoms with van der Waals surface area (Å²) in [6, 6.07) is 0. The van der Waals surface area contributed by atoms with E-state index in [1.165, 1.54) is 6.92 Å². The first-order valence-corrected chi connectivity index (χ1v) is 14.4. The van der Waals surface area contributed by atoms with E-state index in [9.17, 15) is 24.6 Å². The van der Waals surface area contributed by atoms with E-state index in [0.29, 0.717) is 32.1 Å². The number of hydrogen-bond donors (Lipinski definition) is 2. The van der Waals surface area contributed by atoms with Gasteiger partial charge < -0.3 is 19.7 Å². The van der Waals surface area contributed by atoms with Gasteiger partial charge in [0.1, 0.15) is 11.5 Å². The predicted octanol–water partition coefficient (Wildman–Crippen LogP) is 5.98. The summed E-state index contributed by atoms with van der Waals surface area (Å²) in [7, 11) is 1.62. The van der Waals surface area contributed by atoms with Crippen molar-refractivity contribution in [3.05, 3.63) is 47.1 Å². The van der Waals surface area contributed by atoms with E-state index < -0.39 is 29.1 Å². The third-order valence-corrected chi connectivity index (χ3v) is 10.1. The third-order valence-electron chi connectivity index (χ3n) is 10.1. The molecular formula is C33H48O7. The largest absolute Gasteiger partial charge is 0.481 e. The van der Waals surface area contributed by atoms with Crippen LogP contribution in [0.4, 0.5) is 0 Å². The topological polar surface area (TPSA) is 110 Å². The molecule has 3 fully saturated rings. The first-order chi connectivity index (χ1) is 18.4. The average molecular weight is 557 g/mol. The Bertz CT molecular complexity index is 1150. The van der Waals surface area contributed by atoms with E-state index in [2.05, 4.69) is 13.8 Å². The molecule has 3 aliphatic carbocycles. The van der Waals surface area contributed by atoms with Gasteiger partial charge in [-0.25, -0.2) is 0 Å². The van der Waals surface area contributed by atoms with Gasteiger partial charge in [0.25, 0.3) is 0 Å². The molecule has 0 radical (unpaired) electrons. The van der Waals surface area contributed by atoms with Gasteiger partial charge in [-0.3, -0.25) is 14.4 Å². The molecule has 3 rings (SSSR count). The lowest BCUT2D eigenvalue weighted by molar-refractivity contribution is -0.204. The zero-order chi connectivity index (χ0) is 30.3. The third kappa shape index (κ3) is 5.78. The smallest absolute Gasteiger partial charge is 0.313 e. The van der Waals surface area contributed by atoms with E-state index in [1.54, 1.807) is 34.0 Å². The Morgan fingerprint density at radius 2 is 1.73 bits per heavy atom. The van der Waals surface area contributed by atoms with Gasteiger partial charge in [-0.2, -0.15) is 0 Å². The fraction of sp³-hybridized carbons (Fsp3) is 0.667. The summed E-state index contributed by atoms with van der Waals surface area (Å²) < 4.78 is 11.1. The van der Waals surface area contributed by atoms with Gasteiger partial charge in [0.05, 0.1) is 11.7 Å². The minimum atomic E-state index is -1.20. The number of ketones is 1. The van der Waals surface area contributed by atoms with Gasteiger partial charge >= 0.3 is 11.9 Å². The van der Waals surface area contributed by atoms with Crippen LogP contribution in [0.3, 0.4) is 0 Å². The number of carboxylic acid groups (broad SMARTS) is 1. The van der Waals surface area contributed by atoms with Crippen molar-refractivity contribution in [3.63, 3.8) is 0 Å². The lowest BCUT2D eigenvalue weighted by Crippen LogP contribution is -2.61. The number of hydrogen-bond acceptors (Lipinski definition) is 6. The molecule has 0 spiro atoms. The number of esters is 1. The number of aliphatic carboxylic acids is 1. The molecule has 7 nitrogen and oxygen atoms in total. The molecule has 7 heteroatoms. The van der Waals surface area contributed by atoms with Crippen molar-refractivity contribution < 1.29 is 34.1 Å². The summed E-state index contributed by atoms with van der Waals surface area (Å²) in [4.78, 5) is 38.1. The Balaban J connectivity index is 1.93. The van der Waals surface area contributed by atoms with Crippen molar-refractivity contribution in [3.8, 4) is 0 Å². The number of carbonyl (C=O) groups excluding carboxylic acids is 2. The number of ether oxygens (including phenoxy) is 2. The van der Waals surface area contributed by atoms with E-state index in [1.807, 2.05) is 38.2 Å². The number of aliphatic hydroxyl groups is 1. The van der Waals surface area contributed by atoms with Crippen LogP contribution in [0.25, 0.3) is 0 Å². The van der Waals surface area contributed by atoms with Crippen molar-refractivity contribution in [2.45, 2.75) is 105 Å². The number of carbonyl (C=O) groups is 3. The van der Waals surface area contributed by atoms with Crippen molar-refractivity contribution >= 4 is 17.7 Å². The minimum Gasteiger partial charge on any atom is -0.481 e. The quantitative estimate of drug-likeness (QED) is 0.164. The van der Waals surface area contributed by atoms with Gasteiger partial charge in [0, 0.05) is 31.4 Å². The monoisotopic (exact) mass is 556 g/mol. The van der Waals surface area contributed by atoms with Crippen molar-refractivity contribution in [1.82, 2.24) is 0 Å². The molecule has 0 aromatic carbocycles. The van der Waals surface area contributed by atoms with Crippen molar-refractivity contribution in [1.29, 1.82) is 0 Å². The summed E-state index contributed by atoms with van der Waals surface area (Å²) in [6.07, 6.45) is 11.4. The number of allylic oxidation sites excluding steroid dienone is 5. The van der Waals surface area contributed by atoms with E-state index in [4.69, 9.17) is 9.47 Å². The maximum Gasteiger partial charge on any atom is 0.313 e. The predicted molar refractivity (Wildman–Crippen MR) is 154 cm³/mol. The number of methoxy groups -OCH3 is 1. The lowest BCUT2D eigenvalue weighted by Gasteiger charge is -2.61. The lowest BCUT2D eigenvalue weighted by atomic mass is 9.42. The maximum atomic E-state index is 13.6. The van der Waals surface area contributed by atoms with Crippen LogP contribution in [0.1, 0.15) is 87.5 Å². The molecule has 1 unspecified atom stereocenters. The Morgan fingerprint density at radius 1 is 1.07 bits per heavy atom. The summed E-state index contributed by atoms with van der Waals surface area (Å²) in [6.45, 7) is 14.7. The molecule has 2 N–H and O–H groups in total. The fourth-order valence-corrected chi connectivity index (χ4v) is 8.18. The van der Waals surface area contributed by atoms with Crippen LogP contribution in [-0.4, -0.2) is 52.9 Å². The molecular weight excluding hydrogens is 508 g/mol. The first kappa shape index (κ1) is 32.0. The summed E-state index contributed by atoms with van der Waals surface area (Å²) in [5, 5.41) is 20.4. The van der Waals surface area contributed by atoms with Crippen molar-refractivity contribution in [2.75, 3.05) is 7.11 Å². The number of fused-ring (bicyclic) bond motifs is 3. The molecule has 3 aliphatic rings. The van der Waals surface area contributed by atoms with Gasteiger partial charge in [-0.15, -0.1) is 0 Å². The second-order valence-corrected chi connectivity index (χ2v) is 13.4. The molecule has 40 heavy (non-hydrogen) atoms. The average Bonchev–Trinajstić information content (AvgIpc) is 3.11. The highest BCUT2D eigenvalue weighted by molar-refractivity contribution is 6.01. The molecule has 0 saturated heterocycles. The molecule has 0 bridgehead atoms. The normalized spacial score (nSPS) is 36.9. The van der Waals surface area contributed by atoms with E-state index in [-0.39, 0.29) is 34.6 Å². The molecule has 7 atom stereocenters. The zero-order valence-electron chi connectivity index (χ0n) is 25.7. The van der Waals surface area contributed by atoms with E-state index in [0.717, 1.165) is 16.7 Å². The van der Waals surface area contributed by atoms with Crippen LogP contribution in [0.2, 0.25) is 0 Å². The first-order valence-electron chi connectivity index (χ1n) is 14.4. The SMILES string of the molecule is COC(/C=C/C(C)(C)O)/C(C)=C/C=C/C(C)=C1\C(=O)C[C@H]2[C@@]3(C)CC[C@@H](OC(C)=O)[C@](C)(C(=O)O)[C@@H]3CC[C@]12C. The highest BCUT2D eigenvalue weighted by Gasteiger charge is 2.68. The number of rotatable bonds is 8. The van der Waals surface area contributed by atoms with Gasteiger partial charge in [-0.1, -0.05) is 44.2 Å².